The molecule has 0 radical (unpaired) electrons. The predicted molar refractivity (Wildman–Crippen MR) is 161 cm³/mol. The van der Waals surface area contributed by atoms with Gasteiger partial charge in [0, 0.05) is 18.5 Å². The van der Waals surface area contributed by atoms with Gasteiger partial charge < -0.3 is 9.47 Å². The smallest absolute Gasteiger partial charge is 0.229 e. The zero-order valence-electron chi connectivity index (χ0n) is 25.0. The molecular weight excluding hydrogens is 526 g/mol. The van der Waals surface area contributed by atoms with Crippen LogP contribution in [0.15, 0.2) is 48.5 Å². The number of hydrogen-bond acceptors (Lipinski definition) is 7. The standard InChI is InChI=1S/C33H43N7O2/c1-3-22-40-30(23-24-18-20-25(21-19-24)28-16-10-11-17-29(28)31-35-38-39-36-31)34-32(37-40)33(2,41-26-12-6-4-7-13-26)42-27-14-8-5-9-15-27/h10-11,16-21,26-27H,3-9,12-15,22-23H2,1-2H3,(H,35,36,38,39). The number of aromatic nitrogens is 7. The molecule has 42 heavy (non-hydrogen) atoms. The lowest BCUT2D eigenvalue weighted by Crippen LogP contribution is -2.40. The first-order valence-electron chi connectivity index (χ1n) is 15.8. The largest absolute Gasteiger partial charge is 0.340 e. The maximum absolute atomic E-state index is 6.79. The number of aryl methyl sites for hydroxylation is 1. The van der Waals surface area contributed by atoms with Crippen LogP contribution in [0.5, 0.6) is 0 Å². The van der Waals surface area contributed by atoms with E-state index in [9.17, 15) is 0 Å². The SMILES string of the molecule is CCCn1nc(C(C)(OC2CCCCC2)OC2CCCCC2)nc1Cc1ccc(-c2ccccc2-c2nn[nH]n2)cc1. The number of tetrazole rings is 1. The third-order valence-corrected chi connectivity index (χ3v) is 8.62. The Balaban J connectivity index is 1.25. The second kappa shape index (κ2) is 13.3. The molecule has 0 bridgehead atoms. The van der Waals surface area contributed by atoms with Crippen LogP contribution >= 0.6 is 0 Å². The number of benzene rings is 2. The van der Waals surface area contributed by atoms with Crippen molar-refractivity contribution in [2.24, 2.45) is 0 Å². The van der Waals surface area contributed by atoms with Gasteiger partial charge in [-0.1, -0.05) is 94.0 Å². The molecule has 0 saturated heterocycles. The topological polar surface area (TPSA) is 104 Å². The first-order chi connectivity index (χ1) is 20.6. The molecule has 1 N–H and O–H groups in total. The summed E-state index contributed by atoms with van der Waals surface area (Å²) in [6, 6.07) is 16.8. The van der Waals surface area contributed by atoms with Crippen LogP contribution in [0, 0.1) is 0 Å². The Kier molecular flexibility index (Phi) is 9.05. The van der Waals surface area contributed by atoms with Gasteiger partial charge in [0.25, 0.3) is 0 Å². The Morgan fingerprint density at radius 2 is 1.50 bits per heavy atom. The summed E-state index contributed by atoms with van der Waals surface area (Å²) < 4.78 is 15.6. The summed E-state index contributed by atoms with van der Waals surface area (Å²) in [6.07, 6.45) is 13.8. The van der Waals surface area contributed by atoms with E-state index in [0.29, 0.717) is 18.1 Å². The molecule has 2 aliphatic rings. The van der Waals surface area contributed by atoms with Crippen molar-refractivity contribution in [2.45, 2.75) is 115 Å². The molecule has 9 heteroatoms. The Hall–Kier alpha value is -3.43. The molecule has 0 aliphatic heterocycles. The fourth-order valence-electron chi connectivity index (χ4n) is 6.41. The van der Waals surface area contributed by atoms with Crippen molar-refractivity contribution in [1.29, 1.82) is 0 Å². The van der Waals surface area contributed by atoms with Crippen molar-refractivity contribution in [3.8, 4) is 22.5 Å². The van der Waals surface area contributed by atoms with E-state index in [-0.39, 0.29) is 12.2 Å². The van der Waals surface area contributed by atoms with Crippen LogP contribution in [0.1, 0.15) is 102 Å². The summed E-state index contributed by atoms with van der Waals surface area (Å²) in [7, 11) is 0. The van der Waals surface area contributed by atoms with Crippen LogP contribution in [0.4, 0.5) is 0 Å². The molecule has 6 rings (SSSR count). The number of ether oxygens (including phenoxy) is 2. The molecule has 2 heterocycles. The van der Waals surface area contributed by atoms with E-state index in [4.69, 9.17) is 19.6 Å². The lowest BCUT2D eigenvalue weighted by atomic mass is 9.96. The Bertz CT molecular complexity index is 1380. The molecule has 0 atom stereocenters. The number of nitrogens with zero attached hydrogens (tertiary/aromatic N) is 6. The Morgan fingerprint density at radius 3 is 2.10 bits per heavy atom. The maximum Gasteiger partial charge on any atom is 0.229 e. The second-order valence-corrected chi connectivity index (χ2v) is 11.9. The van der Waals surface area contributed by atoms with Crippen molar-refractivity contribution in [1.82, 2.24) is 35.4 Å². The molecule has 222 valence electrons. The van der Waals surface area contributed by atoms with E-state index in [1.807, 2.05) is 18.2 Å². The molecule has 2 aromatic carbocycles. The fourth-order valence-corrected chi connectivity index (χ4v) is 6.41. The van der Waals surface area contributed by atoms with Gasteiger partial charge in [-0.15, -0.1) is 10.2 Å². The summed E-state index contributed by atoms with van der Waals surface area (Å²) in [5, 5.41) is 19.7. The summed E-state index contributed by atoms with van der Waals surface area (Å²) in [4.78, 5) is 5.13. The molecule has 2 aliphatic carbocycles. The minimum absolute atomic E-state index is 0.191. The Morgan fingerprint density at radius 1 is 0.857 bits per heavy atom. The lowest BCUT2D eigenvalue weighted by molar-refractivity contribution is -0.288. The molecule has 0 amide bonds. The summed E-state index contributed by atoms with van der Waals surface area (Å²) >= 11 is 0. The van der Waals surface area contributed by atoms with Crippen LogP contribution in [-0.2, 0) is 28.2 Å². The zero-order valence-corrected chi connectivity index (χ0v) is 25.0. The van der Waals surface area contributed by atoms with E-state index in [1.54, 1.807) is 0 Å². The van der Waals surface area contributed by atoms with E-state index < -0.39 is 5.79 Å². The van der Waals surface area contributed by atoms with Gasteiger partial charge in [0.15, 0.2) is 0 Å². The molecule has 0 spiro atoms. The predicted octanol–water partition coefficient (Wildman–Crippen LogP) is 7.00. The average Bonchev–Trinajstić information content (AvgIpc) is 3.70. The Labute approximate surface area is 248 Å². The molecule has 2 aromatic heterocycles. The fraction of sp³-hybridized carbons (Fsp3) is 0.545. The quantitative estimate of drug-likeness (QED) is 0.194. The van der Waals surface area contributed by atoms with Gasteiger partial charge in [-0.3, -0.25) is 0 Å². The van der Waals surface area contributed by atoms with Gasteiger partial charge in [0.1, 0.15) is 5.82 Å². The number of H-pyrrole nitrogens is 1. The minimum atomic E-state index is -0.944. The van der Waals surface area contributed by atoms with Gasteiger partial charge in [-0.25, -0.2) is 9.67 Å². The van der Waals surface area contributed by atoms with Crippen molar-refractivity contribution in [2.75, 3.05) is 0 Å². The summed E-state index contributed by atoms with van der Waals surface area (Å²) in [5.41, 5.74) is 4.29. The van der Waals surface area contributed by atoms with E-state index in [0.717, 1.165) is 61.2 Å². The molecule has 2 saturated carbocycles. The van der Waals surface area contributed by atoms with Gasteiger partial charge >= 0.3 is 0 Å². The summed E-state index contributed by atoms with van der Waals surface area (Å²) in [6.45, 7) is 5.04. The normalized spacial score (nSPS) is 17.1. The van der Waals surface area contributed by atoms with Gasteiger partial charge in [0.2, 0.25) is 17.4 Å². The number of aromatic amines is 1. The summed E-state index contributed by atoms with van der Waals surface area (Å²) in [5.74, 6) is 1.24. The van der Waals surface area contributed by atoms with Crippen molar-refractivity contribution < 1.29 is 9.47 Å². The van der Waals surface area contributed by atoms with Crippen LogP contribution in [0.3, 0.4) is 0 Å². The lowest BCUT2D eigenvalue weighted by Gasteiger charge is -2.37. The van der Waals surface area contributed by atoms with Crippen molar-refractivity contribution >= 4 is 0 Å². The molecular formula is C33H43N7O2. The molecule has 0 unspecified atom stereocenters. The first kappa shape index (κ1) is 28.7. The second-order valence-electron chi connectivity index (χ2n) is 11.9. The van der Waals surface area contributed by atoms with E-state index in [1.165, 1.54) is 44.1 Å². The highest BCUT2D eigenvalue weighted by atomic mass is 16.7. The monoisotopic (exact) mass is 569 g/mol. The van der Waals surface area contributed by atoms with Crippen LogP contribution in [-0.4, -0.2) is 47.6 Å². The van der Waals surface area contributed by atoms with Crippen molar-refractivity contribution in [3.63, 3.8) is 0 Å². The highest BCUT2D eigenvalue weighted by Crippen LogP contribution is 2.36. The van der Waals surface area contributed by atoms with Crippen LogP contribution in [0.2, 0.25) is 0 Å². The van der Waals surface area contributed by atoms with Crippen LogP contribution in [0.25, 0.3) is 22.5 Å². The van der Waals surface area contributed by atoms with E-state index in [2.05, 4.69) is 69.5 Å². The number of nitrogens with one attached hydrogen (secondary N) is 1. The number of rotatable bonds is 11. The van der Waals surface area contributed by atoms with Gasteiger partial charge in [-0.05, 0) is 60.9 Å². The maximum atomic E-state index is 6.79. The number of hydrogen-bond donors (Lipinski definition) is 1. The average molecular weight is 570 g/mol. The molecule has 9 nitrogen and oxygen atoms in total. The van der Waals surface area contributed by atoms with Crippen LogP contribution < -0.4 is 0 Å². The van der Waals surface area contributed by atoms with E-state index >= 15 is 0 Å². The highest BCUT2D eigenvalue weighted by molar-refractivity contribution is 5.80. The first-order valence-corrected chi connectivity index (χ1v) is 15.8. The van der Waals surface area contributed by atoms with Gasteiger partial charge in [0.05, 0.1) is 12.2 Å². The third-order valence-electron chi connectivity index (χ3n) is 8.62. The highest BCUT2D eigenvalue weighted by Gasteiger charge is 2.40. The molecule has 2 fully saturated rings. The van der Waals surface area contributed by atoms with Gasteiger partial charge in [-0.2, -0.15) is 10.3 Å². The van der Waals surface area contributed by atoms with Crippen molar-refractivity contribution in [3.05, 3.63) is 65.7 Å². The molecule has 4 aromatic rings. The third kappa shape index (κ3) is 6.63. The minimum Gasteiger partial charge on any atom is -0.340 e. The zero-order chi connectivity index (χ0) is 28.8.